The van der Waals surface area contributed by atoms with Gasteiger partial charge < -0.3 is 20.3 Å². The van der Waals surface area contributed by atoms with Gasteiger partial charge in [-0.05, 0) is 18.6 Å². The molecule has 21 heavy (non-hydrogen) atoms. The highest BCUT2D eigenvalue weighted by molar-refractivity contribution is 5.98. The van der Waals surface area contributed by atoms with Crippen LogP contribution in [0.4, 0.5) is 10.5 Å². The molecule has 0 unspecified atom stereocenters. The van der Waals surface area contributed by atoms with Gasteiger partial charge in [0.05, 0.1) is 11.2 Å². The summed E-state index contributed by atoms with van der Waals surface area (Å²) in [6, 6.07) is 5.53. The van der Waals surface area contributed by atoms with Crippen LogP contribution >= 0.6 is 0 Å². The van der Waals surface area contributed by atoms with Crippen molar-refractivity contribution in [1.29, 1.82) is 0 Å². The molecule has 0 saturated carbocycles. The lowest BCUT2D eigenvalue weighted by molar-refractivity contribution is -0.114. The van der Waals surface area contributed by atoms with Crippen molar-refractivity contribution in [3.63, 3.8) is 0 Å². The molecule has 0 aliphatic heterocycles. The summed E-state index contributed by atoms with van der Waals surface area (Å²) >= 11 is 0. The number of nitrogens with zero attached hydrogens (tertiary/aromatic N) is 2. The summed E-state index contributed by atoms with van der Waals surface area (Å²) in [4.78, 5) is 30.8. The SMILES string of the molecule is CC(=O)Nc1cccc2[nH]c(CCCN(C)C(=O)O)nc12. The maximum absolute atomic E-state index is 11.2. The highest BCUT2D eigenvalue weighted by Gasteiger charge is 2.09. The standard InChI is InChI=1S/C14H18N4O3/c1-9(19)15-10-5-3-6-11-13(10)17-12(16-11)7-4-8-18(2)14(20)21/h3,5-6H,4,7-8H2,1-2H3,(H,15,19)(H,16,17)(H,20,21). The van der Waals surface area contributed by atoms with Crippen LogP contribution in [0.5, 0.6) is 0 Å². The second-order valence-corrected chi connectivity index (χ2v) is 4.87. The van der Waals surface area contributed by atoms with Crippen molar-refractivity contribution >= 4 is 28.7 Å². The van der Waals surface area contributed by atoms with E-state index in [0.717, 1.165) is 11.3 Å². The van der Waals surface area contributed by atoms with Gasteiger partial charge in [-0.15, -0.1) is 0 Å². The number of benzene rings is 1. The van der Waals surface area contributed by atoms with Crippen LogP contribution < -0.4 is 5.32 Å². The van der Waals surface area contributed by atoms with Crippen LogP contribution in [0.15, 0.2) is 18.2 Å². The summed E-state index contributed by atoms with van der Waals surface area (Å²) in [6.45, 7) is 1.90. The third kappa shape index (κ3) is 3.71. The Morgan fingerprint density at radius 1 is 1.43 bits per heavy atom. The number of amides is 2. The number of hydrogen-bond donors (Lipinski definition) is 3. The number of aromatic nitrogens is 2. The Labute approximate surface area is 122 Å². The summed E-state index contributed by atoms with van der Waals surface area (Å²) in [5, 5.41) is 11.5. The first-order valence-electron chi connectivity index (χ1n) is 6.66. The van der Waals surface area contributed by atoms with E-state index in [1.54, 1.807) is 6.07 Å². The third-order valence-corrected chi connectivity index (χ3v) is 3.11. The minimum Gasteiger partial charge on any atom is -0.465 e. The highest BCUT2D eigenvalue weighted by Crippen LogP contribution is 2.21. The van der Waals surface area contributed by atoms with Gasteiger partial charge in [-0.2, -0.15) is 0 Å². The second-order valence-electron chi connectivity index (χ2n) is 4.87. The Hall–Kier alpha value is -2.57. The van der Waals surface area contributed by atoms with Crippen LogP contribution in [-0.2, 0) is 11.2 Å². The minimum absolute atomic E-state index is 0.143. The molecule has 0 saturated heterocycles. The molecule has 0 aliphatic rings. The molecule has 1 heterocycles. The number of carbonyl (C=O) groups is 2. The summed E-state index contributed by atoms with van der Waals surface area (Å²) in [5.41, 5.74) is 2.24. The smallest absolute Gasteiger partial charge is 0.407 e. The molecule has 7 nitrogen and oxygen atoms in total. The molecule has 112 valence electrons. The third-order valence-electron chi connectivity index (χ3n) is 3.11. The van der Waals surface area contributed by atoms with Crippen molar-refractivity contribution in [2.75, 3.05) is 18.9 Å². The van der Waals surface area contributed by atoms with Crippen LogP contribution in [0.1, 0.15) is 19.2 Å². The molecule has 0 radical (unpaired) electrons. The lowest BCUT2D eigenvalue weighted by atomic mass is 10.2. The van der Waals surface area contributed by atoms with Gasteiger partial charge in [-0.1, -0.05) is 6.07 Å². The summed E-state index contributed by atoms with van der Waals surface area (Å²) in [5.74, 6) is 0.636. The predicted octanol–water partition coefficient (Wildman–Crippen LogP) is 2.06. The van der Waals surface area contributed by atoms with Gasteiger partial charge in [0.25, 0.3) is 0 Å². The van der Waals surface area contributed by atoms with E-state index in [4.69, 9.17) is 5.11 Å². The molecule has 2 rings (SSSR count). The van der Waals surface area contributed by atoms with Crippen molar-refractivity contribution in [2.45, 2.75) is 19.8 Å². The molecular weight excluding hydrogens is 272 g/mol. The fourth-order valence-electron chi connectivity index (χ4n) is 2.07. The average molecular weight is 290 g/mol. The molecule has 7 heteroatoms. The highest BCUT2D eigenvalue weighted by atomic mass is 16.4. The maximum Gasteiger partial charge on any atom is 0.407 e. The Kier molecular flexibility index (Phi) is 4.42. The lowest BCUT2D eigenvalue weighted by Gasteiger charge is -2.11. The zero-order valence-corrected chi connectivity index (χ0v) is 12.0. The Balaban J connectivity index is 2.08. The predicted molar refractivity (Wildman–Crippen MR) is 79.4 cm³/mol. The first-order valence-corrected chi connectivity index (χ1v) is 6.66. The first-order chi connectivity index (χ1) is 9.97. The number of carboxylic acid groups (broad SMARTS) is 1. The lowest BCUT2D eigenvalue weighted by Crippen LogP contribution is -2.25. The number of aromatic amines is 1. The summed E-state index contributed by atoms with van der Waals surface area (Å²) in [7, 11) is 1.54. The topological polar surface area (TPSA) is 98.3 Å². The van der Waals surface area contributed by atoms with Crippen LogP contribution in [0, 0.1) is 0 Å². The first kappa shape index (κ1) is 14.8. The monoisotopic (exact) mass is 290 g/mol. The number of carbonyl (C=O) groups excluding carboxylic acids is 1. The minimum atomic E-state index is -0.937. The van der Waals surface area contributed by atoms with E-state index in [9.17, 15) is 9.59 Å². The van der Waals surface area contributed by atoms with Gasteiger partial charge in [0, 0.05) is 26.9 Å². The van der Waals surface area contributed by atoms with E-state index in [2.05, 4.69) is 15.3 Å². The molecule has 1 aromatic heterocycles. The largest absolute Gasteiger partial charge is 0.465 e. The summed E-state index contributed by atoms with van der Waals surface area (Å²) in [6.07, 6.45) is 0.386. The van der Waals surface area contributed by atoms with Gasteiger partial charge >= 0.3 is 6.09 Å². The maximum atomic E-state index is 11.2. The number of imidazole rings is 1. The molecule has 2 aromatic rings. The molecule has 0 aliphatic carbocycles. The molecule has 2 amide bonds. The van der Waals surface area contributed by atoms with Crippen LogP contribution in [-0.4, -0.2) is 45.6 Å². The number of hydrogen-bond acceptors (Lipinski definition) is 3. The second kappa shape index (κ2) is 6.25. The Bertz CT molecular complexity index is 665. The summed E-state index contributed by atoms with van der Waals surface area (Å²) < 4.78 is 0. The van der Waals surface area contributed by atoms with Gasteiger partial charge in [-0.25, -0.2) is 9.78 Å². The van der Waals surface area contributed by atoms with Gasteiger partial charge in [0.2, 0.25) is 5.91 Å². The number of nitrogens with one attached hydrogen (secondary N) is 2. The molecule has 0 bridgehead atoms. The van der Waals surface area contributed by atoms with E-state index in [1.807, 2.05) is 12.1 Å². The molecule has 0 fully saturated rings. The van der Waals surface area contributed by atoms with E-state index in [0.29, 0.717) is 30.6 Å². The fraction of sp³-hybridized carbons (Fsp3) is 0.357. The quantitative estimate of drug-likeness (QED) is 0.785. The van der Waals surface area contributed by atoms with Gasteiger partial charge in [0.1, 0.15) is 11.3 Å². The van der Waals surface area contributed by atoms with Crippen molar-refractivity contribution < 1.29 is 14.7 Å². The van der Waals surface area contributed by atoms with Crippen LogP contribution in [0.3, 0.4) is 0 Å². The van der Waals surface area contributed by atoms with Gasteiger partial charge in [-0.3, -0.25) is 4.79 Å². The van der Waals surface area contributed by atoms with E-state index >= 15 is 0 Å². The van der Waals surface area contributed by atoms with Crippen LogP contribution in [0.2, 0.25) is 0 Å². The molecular formula is C14H18N4O3. The van der Waals surface area contributed by atoms with E-state index in [1.165, 1.54) is 18.9 Å². The number of fused-ring (bicyclic) bond motifs is 1. The fourth-order valence-corrected chi connectivity index (χ4v) is 2.07. The number of aryl methyl sites for hydroxylation is 1. The molecule has 0 spiro atoms. The van der Waals surface area contributed by atoms with Crippen molar-refractivity contribution in [2.24, 2.45) is 0 Å². The zero-order chi connectivity index (χ0) is 15.4. The number of rotatable bonds is 5. The van der Waals surface area contributed by atoms with Gasteiger partial charge in [0.15, 0.2) is 0 Å². The zero-order valence-electron chi connectivity index (χ0n) is 12.0. The average Bonchev–Trinajstić information content (AvgIpc) is 2.81. The normalized spacial score (nSPS) is 10.6. The Morgan fingerprint density at radius 2 is 2.19 bits per heavy atom. The molecule has 3 N–H and O–H groups in total. The van der Waals surface area contributed by atoms with Crippen molar-refractivity contribution in [3.05, 3.63) is 24.0 Å². The number of H-pyrrole nitrogens is 1. The van der Waals surface area contributed by atoms with E-state index < -0.39 is 6.09 Å². The molecule has 1 aromatic carbocycles. The van der Waals surface area contributed by atoms with Crippen molar-refractivity contribution in [3.8, 4) is 0 Å². The van der Waals surface area contributed by atoms with E-state index in [-0.39, 0.29) is 5.91 Å². The van der Waals surface area contributed by atoms with Crippen LogP contribution in [0.25, 0.3) is 11.0 Å². The Morgan fingerprint density at radius 3 is 2.86 bits per heavy atom. The van der Waals surface area contributed by atoms with Crippen molar-refractivity contribution in [1.82, 2.24) is 14.9 Å². The molecule has 0 atom stereocenters. The number of para-hydroxylation sites is 1. The number of anilines is 1.